The van der Waals surface area contributed by atoms with Crippen LogP contribution in [0.15, 0.2) is 0 Å². The number of ether oxygens (including phenoxy) is 1. The van der Waals surface area contributed by atoms with Gasteiger partial charge in [-0.1, -0.05) is 20.8 Å². The average Bonchev–Trinajstić information content (AvgIpc) is 2.21. The van der Waals surface area contributed by atoms with Crippen LogP contribution in [-0.4, -0.2) is 24.8 Å². The topological polar surface area (TPSA) is 21.3 Å². The van der Waals surface area contributed by atoms with Gasteiger partial charge in [0.05, 0.1) is 12.2 Å². The summed E-state index contributed by atoms with van der Waals surface area (Å²) in [5, 5.41) is 3.64. The zero-order valence-corrected chi connectivity index (χ0v) is 13.3. The zero-order chi connectivity index (χ0) is 13.8. The van der Waals surface area contributed by atoms with E-state index in [0.717, 1.165) is 30.9 Å². The second-order valence-corrected chi connectivity index (χ2v) is 7.27. The van der Waals surface area contributed by atoms with Crippen LogP contribution < -0.4 is 5.32 Å². The molecule has 3 atom stereocenters. The minimum atomic E-state index is -0.0282. The van der Waals surface area contributed by atoms with Gasteiger partial charge in [0.15, 0.2) is 0 Å². The van der Waals surface area contributed by atoms with E-state index >= 15 is 0 Å². The third-order valence-electron chi connectivity index (χ3n) is 3.95. The predicted molar refractivity (Wildman–Crippen MR) is 78.8 cm³/mol. The van der Waals surface area contributed by atoms with E-state index in [4.69, 9.17) is 4.74 Å². The highest BCUT2D eigenvalue weighted by Gasteiger charge is 2.30. The van der Waals surface area contributed by atoms with Crippen molar-refractivity contribution < 1.29 is 4.74 Å². The minimum absolute atomic E-state index is 0.0282. The number of likely N-dealkylation sites (N-methyl/N-ethyl adjacent to an activating group) is 1. The Labute approximate surface area is 114 Å². The Morgan fingerprint density at radius 2 is 1.67 bits per heavy atom. The van der Waals surface area contributed by atoms with Crippen LogP contribution in [0.25, 0.3) is 0 Å². The minimum Gasteiger partial charge on any atom is -0.374 e. The number of hydrogen-bond acceptors (Lipinski definition) is 2. The number of hydrogen-bond donors (Lipinski definition) is 1. The van der Waals surface area contributed by atoms with Gasteiger partial charge in [0, 0.05) is 6.04 Å². The van der Waals surface area contributed by atoms with Gasteiger partial charge < -0.3 is 10.1 Å². The highest BCUT2D eigenvalue weighted by molar-refractivity contribution is 4.84. The average molecular weight is 255 g/mol. The lowest BCUT2D eigenvalue weighted by Gasteiger charge is -2.37. The molecular weight excluding hydrogens is 222 g/mol. The van der Waals surface area contributed by atoms with Gasteiger partial charge in [-0.25, -0.2) is 0 Å². The smallest absolute Gasteiger partial charge is 0.0629 e. The molecule has 0 aromatic rings. The van der Waals surface area contributed by atoms with Crippen LogP contribution in [0.2, 0.25) is 0 Å². The van der Waals surface area contributed by atoms with Crippen LogP contribution in [0.4, 0.5) is 0 Å². The van der Waals surface area contributed by atoms with Gasteiger partial charge >= 0.3 is 0 Å². The van der Waals surface area contributed by atoms with Crippen LogP contribution >= 0.6 is 0 Å². The summed E-state index contributed by atoms with van der Waals surface area (Å²) in [4.78, 5) is 0. The van der Waals surface area contributed by atoms with Crippen LogP contribution in [0.5, 0.6) is 0 Å². The number of rotatable bonds is 5. The first-order chi connectivity index (χ1) is 8.31. The van der Waals surface area contributed by atoms with Crippen molar-refractivity contribution in [3.8, 4) is 0 Å². The van der Waals surface area contributed by atoms with E-state index in [2.05, 4.69) is 46.9 Å². The van der Waals surface area contributed by atoms with Crippen molar-refractivity contribution in [3.05, 3.63) is 0 Å². The molecule has 18 heavy (non-hydrogen) atoms. The molecule has 0 bridgehead atoms. The van der Waals surface area contributed by atoms with Crippen molar-refractivity contribution in [2.75, 3.05) is 13.2 Å². The summed E-state index contributed by atoms with van der Waals surface area (Å²) in [5.41, 5.74) is -0.0282. The van der Waals surface area contributed by atoms with Crippen molar-refractivity contribution in [2.45, 2.75) is 72.4 Å². The van der Waals surface area contributed by atoms with E-state index in [1.807, 2.05) is 0 Å². The molecule has 1 fully saturated rings. The molecule has 2 heteroatoms. The Kier molecular flexibility index (Phi) is 6.13. The lowest BCUT2D eigenvalue weighted by Crippen LogP contribution is -2.44. The molecular formula is C16H33NO. The maximum atomic E-state index is 6.01. The van der Waals surface area contributed by atoms with Crippen molar-refractivity contribution in [3.63, 3.8) is 0 Å². The first-order valence-electron chi connectivity index (χ1n) is 7.69. The van der Waals surface area contributed by atoms with Gasteiger partial charge in [0.1, 0.15) is 0 Å². The Bertz CT molecular complexity index is 224. The van der Waals surface area contributed by atoms with E-state index < -0.39 is 0 Å². The summed E-state index contributed by atoms with van der Waals surface area (Å²) < 4.78 is 6.01. The predicted octanol–water partition coefficient (Wildman–Crippen LogP) is 3.85. The highest BCUT2D eigenvalue weighted by atomic mass is 16.5. The molecule has 0 amide bonds. The quantitative estimate of drug-likeness (QED) is 0.805. The molecule has 0 saturated heterocycles. The molecule has 1 aliphatic carbocycles. The molecule has 1 N–H and O–H groups in total. The second kappa shape index (κ2) is 6.91. The van der Waals surface area contributed by atoms with Gasteiger partial charge in [-0.2, -0.15) is 0 Å². The Balaban J connectivity index is 2.54. The number of nitrogens with one attached hydrogen (secondary N) is 1. The summed E-state index contributed by atoms with van der Waals surface area (Å²) in [6.45, 7) is 15.3. The molecule has 0 spiro atoms. The lowest BCUT2D eigenvalue weighted by molar-refractivity contribution is -0.0277. The molecule has 1 rings (SSSR count). The molecule has 1 saturated carbocycles. The van der Waals surface area contributed by atoms with Crippen LogP contribution in [-0.2, 0) is 4.74 Å². The molecule has 0 aromatic heterocycles. The fourth-order valence-electron chi connectivity index (χ4n) is 3.30. The van der Waals surface area contributed by atoms with Gasteiger partial charge in [0.25, 0.3) is 0 Å². The highest BCUT2D eigenvalue weighted by Crippen LogP contribution is 2.35. The summed E-state index contributed by atoms with van der Waals surface area (Å²) >= 11 is 0. The molecule has 0 radical (unpaired) electrons. The van der Waals surface area contributed by atoms with E-state index in [9.17, 15) is 0 Å². The third-order valence-corrected chi connectivity index (χ3v) is 3.95. The lowest BCUT2D eigenvalue weighted by atomic mass is 9.74. The van der Waals surface area contributed by atoms with Gasteiger partial charge in [0.2, 0.25) is 0 Å². The molecule has 3 unspecified atom stereocenters. The Morgan fingerprint density at radius 1 is 1.11 bits per heavy atom. The maximum Gasteiger partial charge on any atom is 0.0629 e. The summed E-state index contributed by atoms with van der Waals surface area (Å²) in [7, 11) is 0. The Hall–Kier alpha value is -0.0800. The van der Waals surface area contributed by atoms with E-state index in [1.54, 1.807) is 0 Å². The normalized spacial score (nSPS) is 31.3. The third kappa shape index (κ3) is 5.71. The molecule has 1 aliphatic rings. The standard InChI is InChI=1S/C16H33NO/c1-7-17-15(11-18-16(4,5)6)14-9-12(2)8-13(3)10-14/h12-15,17H,7-11H2,1-6H3. The maximum absolute atomic E-state index is 6.01. The van der Waals surface area contributed by atoms with Gasteiger partial charge in [-0.3, -0.25) is 0 Å². The molecule has 2 nitrogen and oxygen atoms in total. The fourth-order valence-corrected chi connectivity index (χ4v) is 3.30. The van der Waals surface area contributed by atoms with Crippen LogP contribution in [0.3, 0.4) is 0 Å². The molecule has 0 heterocycles. The summed E-state index contributed by atoms with van der Waals surface area (Å²) in [5.74, 6) is 2.52. The van der Waals surface area contributed by atoms with Crippen molar-refractivity contribution in [1.29, 1.82) is 0 Å². The van der Waals surface area contributed by atoms with E-state index in [-0.39, 0.29) is 5.60 Å². The first kappa shape index (κ1) is 16.0. The van der Waals surface area contributed by atoms with E-state index in [0.29, 0.717) is 6.04 Å². The molecule has 0 aliphatic heterocycles. The van der Waals surface area contributed by atoms with Crippen LogP contribution in [0.1, 0.15) is 60.8 Å². The molecule has 108 valence electrons. The zero-order valence-electron chi connectivity index (χ0n) is 13.3. The first-order valence-corrected chi connectivity index (χ1v) is 7.69. The summed E-state index contributed by atoms with van der Waals surface area (Å²) in [6.07, 6.45) is 4.11. The largest absolute Gasteiger partial charge is 0.374 e. The van der Waals surface area contributed by atoms with Gasteiger partial charge in [-0.05, 0) is 64.3 Å². The SMILES string of the molecule is CCNC(COC(C)(C)C)C1CC(C)CC(C)C1. The van der Waals surface area contributed by atoms with Gasteiger partial charge in [-0.15, -0.1) is 0 Å². The van der Waals surface area contributed by atoms with Crippen molar-refractivity contribution in [1.82, 2.24) is 5.32 Å². The van der Waals surface area contributed by atoms with Crippen LogP contribution in [0, 0.1) is 17.8 Å². The van der Waals surface area contributed by atoms with Crippen molar-refractivity contribution in [2.24, 2.45) is 17.8 Å². The van der Waals surface area contributed by atoms with Crippen molar-refractivity contribution >= 4 is 0 Å². The molecule has 0 aromatic carbocycles. The Morgan fingerprint density at radius 3 is 2.11 bits per heavy atom. The second-order valence-electron chi connectivity index (χ2n) is 7.27. The monoisotopic (exact) mass is 255 g/mol. The fraction of sp³-hybridized carbons (Fsp3) is 1.00. The summed E-state index contributed by atoms with van der Waals surface area (Å²) in [6, 6.07) is 0.527. The van der Waals surface area contributed by atoms with E-state index in [1.165, 1.54) is 19.3 Å².